The lowest BCUT2D eigenvalue weighted by atomic mass is 9.91. The molecule has 0 atom stereocenters. The quantitative estimate of drug-likeness (QED) is 0.887. The average molecular weight is 283 g/mol. The van der Waals surface area contributed by atoms with Crippen LogP contribution in [0, 0.1) is 6.92 Å². The summed E-state index contributed by atoms with van der Waals surface area (Å²) in [5.41, 5.74) is 0.708. The molecule has 0 aromatic carbocycles. The van der Waals surface area contributed by atoms with Crippen molar-refractivity contribution in [2.75, 3.05) is 19.8 Å². The van der Waals surface area contributed by atoms with Gasteiger partial charge in [0.05, 0.1) is 17.0 Å². The van der Waals surface area contributed by atoms with Crippen LogP contribution in [0.1, 0.15) is 39.9 Å². The zero-order valence-electron chi connectivity index (χ0n) is 11.5. The number of nitrogens with one attached hydrogen (secondary N) is 1. The fourth-order valence-electron chi connectivity index (χ4n) is 2.37. The zero-order chi connectivity index (χ0) is 13.9. The second-order valence-corrected chi connectivity index (χ2v) is 6.31. The highest BCUT2D eigenvalue weighted by atomic mass is 32.1. The number of aliphatic hydroxyl groups is 1. The van der Waals surface area contributed by atoms with Crippen LogP contribution >= 0.6 is 11.3 Å². The molecule has 1 saturated heterocycles. The molecule has 1 fully saturated rings. The van der Waals surface area contributed by atoms with Crippen LogP contribution in [0.5, 0.6) is 0 Å². The van der Waals surface area contributed by atoms with Gasteiger partial charge in [-0.15, -0.1) is 11.3 Å². The van der Waals surface area contributed by atoms with Gasteiger partial charge in [-0.3, -0.25) is 4.79 Å². The molecule has 0 saturated carbocycles. The Morgan fingerprint density at radius 3 is 2.74 bits per heavy atom. The lowest BCUT2D eigenvalue weighted by Gasteiger charge is -2.36. The van der Waals surface area contributed by atoms with Crippen LogP contribution in [0.4, 0.5) is 0 Å². The summed E-state index contributed by atoms with van der Waals surface area (Å²) in [6.07, 6.45) is 2.27. The molecule has 1 aliphatic heterocycles. The maximum atomic E-state index is 12.3. The molecule has 0 spiro atoms. The van der Waals surface area contributed by atoms with Crippen LogP contribution in [0.2, 0.25) is 0 Å². The molecule has 19 heavy (non-hydrogen) atoms. The minimum absolute atomic E-state index is 0.0346. The van der Waals surface area contributed by atoms with E-state index in [0.29, 0.717) is 26.1 Å². The third-order valence-electron chi connectivity index (χ3n) is 3.76. The third kappa shape index (κ3) is 3.16. The van der Waals surface area contributed by atoms with E-state index in [2.05, 4.69) is 12.2 Å². The number of aliphatic hydroxyl groups excluding tert-OH is 1. The second kappa shape index (κ2) is 6.03. The van der Waals surface area contributed by atoms with Gasteiger partial charge in [-0.1, -0.05) is 6.92 Å². The Labute approximate surface area is 117 Å². The minimum atomic E-state index is -0.514. The monoisotopic (exact) mass is 283 g/mol. The fraction of sp³-hybridized carbons (Fsp3) is 0.643. The number of hydrogen-bond acceptors (Lipinski definition) is 4. The summed E-state index contributed by atoms with van der Waals surface area (Å²) in [6, 6.07) is 1.96. The molecule has 0 unspecified atom stereocenters. The molecule has 2 heterocycles. The van der Waals surface area contributed by atoms with Crippen molar-refractivity contribution in [1.82, 2.24) is 5.32 Å². The lowest BCUT2D eigenvalue weighted by molar-refractivity contribution is 0.0126. The van der Waals surface area contributed by atoms with Gasteiger partial charge in [0.15, 0.2) is 0 Å². The van der Waals surface area contributed by atoms with Crippen LogP contribution in [-0.4, -0.2) is 36.4 Å². The molecule has 5 heteroatoms. The molecule has 1 aliphatic rings. The summed E-state index contributed by atoms with van der Waals surface area (Å²) in [5.74, 6) is -0.0799. The summed E-state index contributed by atoms with van der Waals surface area (Å²) < 4.78 is 5.29. The Kier molecular flexibility index (Phi) is 4.60. The first-order chi connectivity index (χ1) is 9.10. The summed E-state index contributed by atoms with van der Waals surface area (Å²) >= 11 is 1.52. The zero-order valence-corrected chi connectivity index (χ0v) is 12.3. The van der Waals surface area contributed by atoms with E-state index in [-0.39, 0.29) is 12.5 Å². The number of rotatable bonds is 4. The van der Waals surface area contributed by atoms with Crippen molar-refractivity contribution in [1.29, 1.82) is 0 Å². The van der Waals surface area contributed by atoms with Crippen molar-refractivity contribution >= 4 is 17.2 Å². The number of aryl methyl sites for hydroxylation is 2. The molecule has 1 amide bonds. The topological polar surface area (TPSA) is 58.6 Å². The van der Waals surface area contributed by atoms with Gasteiger partial charge in [-0.25, -0.2) is 0 Å². The largest absolute Gasteiger partial charge is 0.394 e. The van der Waals surface area contributed by atoms with Crippen LogP contribution in [0.25, 0.3) is 0 Å². The molecule has 1 aromatic heterocycles. The van der Waals surface area contributed by atoms with E-state index >= 15 is 0 Å². The first-order valence-corrected chi connectivity index (χ1v) is 7.52. The van der Waals surface area contributed by atoms with E-state index in [1.165, 1.54) is 21.8 Å². The number of hydrogen-bond donors (Lipinski definition) is 2. The summed E-state index contributed by atoms with van der Waals surface area (Å²) in [5, 5.41) is 12.6. The van der Waals surface area contributed by atoms with Crippen LogP contribution in [0.15, 0.2) is 6.07 Å². The van der Waals surface area contributed by atoms with Crippen molar-refractivity contribution in [3.63, 3.8) is 0 Å². The molecule has 1 aromatic rings. The van der Waals surface area contributed by atoms with E-state index in [9.17, 15) is 9.90 Å². The first-order valence-electron chi connectivity index (χ1n) is 6.70. The van der Waals surface area contributed by atoms with Gasteiger partial charge in [-0.05, 0) is 37.8 Å². The third-order valence-corrected chi connectivity index (χ3v) is 4.85. The first kappa shape index (κ1) is 14.5. The van der Waals surface area contributed by atoms with Crippen molar-refractivity contribution in [3.05, 3.63) is 21.4 Å². The molecule has 0 bridgehead atoms. The van der Waals surface area contributed by atoms with Gasteiger partial charge in [-0.2, -0.15) is 0 Å². The Hall–Kier alpha value is -0.910. The van der Waals surface area contributed by atoms with E-state index in [1.807, 2.05) is 13.0 Å². The second-order valence-electron chi connectivity index (χ2n) is 5.05. The van der Waals surface area contributed by atoms with Crippen molar-refractivity contribution in [2.24, 2.45) is 0 Å². The van der Waals surface area contributed by atoms with E-state index < -0.39 is 5.54 Å². The highest BCUT2D eigenvalue weighted by molar-refractivity contribution is 7.14. The Bertz CT molecular complexity index is 450. The van der Waals surface area contributed by atoms with Crippen molar-refractivity contribution in [2.45, 2.75) is 38.6 Å². The normalized spacial score (nSPS) is 18.3. The Morgan fingerprint density at radius 2 is 2.21 bits per heavy atom. The van der Waals surface area contributed by atoms with Gasteiger partial charge in [0, 0.05) is 18.1 Å². The van der Waals surface area contributed by atoms with E-state index in [4.69, 9.17) is 4.74 Å². The van der Waals surface area contributed by atoms with Gasteiger partial charge < -0.3 is 15.2 Å². The lowest BCUT2D eigenvalue weighted by Crippen LogP contribution is -2.54. The van der Waals surface area contributed by atoms with Crippen LogP contribution < -0.4 is 5.32 Å². The Balaban J connectivity index is 2.10. The number of carbonyl (C=O) groups is 1. The summed E-state index contributed by atoms with van der Waals surface area (Å²) in [4.78, 5) is 14.2. The maximum Gasteiger partial charge on any atom is 0.261 e. The molecular formula is C14H21NO3S. The van der Waals surface area contributed by atoms with Gasteiger partial charge >= 0.3 is 0 Å². The fourth-order valence-corrected chi connectivity index (χ4v) is 3.38. The molecule has 106 valence electrons. The maximum absolute atomic E-state index is 12.3. The van der Waals surface area contributed by atoms with Crippen LogP contribution in [-0.2, 0) is 11.2 Å². The summed E-state index contributed by atoms with van der Waals surface area (Å²) in [6.45, 7) is 5.27. The number of amides is 1. The minimum Gasteiger partial charge on any atom is -0.394 e. The molecule has 4 nitrogen and oxygen atoms in total. The molecule has 2 rings (SSSR count). The number of thiophene rings is 1. The Morgan fingerprint density at radius 1 is 1.53 bits per heavy atom. The van der Waals surface area contributed by atoms with Crippen molar-refractivity contribution in [3.8, 4) is 0 Å². The van der Waals surface area contributed by atoms with E-state index in [0.717, 1.165) is 11.3 Å². The SMILES string of the molecule is CCc1cc(C(=O)NC2(CO)CCOCC2)sc1C. The molecule has 0 aliphatic carbocycles. The van der Waals surface area contributed by atoms with Gasteiger partial charge in [0.25, 0.3) is 5.91 Å². The van der Waals surface area contributed by atoms with Crippen LogP contribution in [0.3, 0.4) is 0 Å². The molecule has 0 radical (unpaired) electrons. The summed E-state index contributed by atoms with van der Waals surface area (Å²) in [7, 11) is 0. The smallest absolute Gasteiger partial charge is 0.261 e. The molecular weight excluding hydrogens is 262 g/mol. The van der Waals surface area contributed by atoms with Crippen molar-refractivity contribution < 1.29 is 14.6 Å². The predicted octanol–water partition coefficient (Wildman–Crippen LogP) is 1.89. The van der Waals surface area contributed by atoms with E-state index in [1.54, 1.807) is 0 Å². The standard InChI is InChI=1S/C14H21NO3S/c1-3-11-8-12(19-10(11)2)13(17)15-14(9-16)4-6-18-7-5-14/h8,16H,3-7,9H2,1-2H3,(H,15,17). The number of carbonyl (C=O) groups excluding carboxylic acids is 1. The predicted molar refractivity (Wildman–Crippen MR) is 75.8 cm³/mol. The highest BCUT2D eigenvalue weighted by Crippen LogP contribution is 2.25. The highest BCUT2D eigenvalue weighted by Gasteiger charge is 2.34. The van der Waals surface area contributed by atoms with Gasteiger partial charge in [0.1, 0.15) is 0 Å². The molecule has 2 N–H and O–H groups in total. The average Bonchev–Trinajstić information content (AvgIpc) is 2.81. The number of ether oxygens (including phenoxy) is 1. The van der Waals surface area contributed by atoms with Gasteiger partial charge in [0.2, 0.25) is 0 Å².